The van der Waals surface area contributed by atoms with Gasteiger partial charge in [0.2, 0.25) is 0 Å². The predicted molar refractivity (Wildman–Crippen MR) is 122 cm³/mol. The van der Waals surface area contributed by atoms with Crippen LogP contribution in [-0.2, 0) is 14.3 Å². The molecule has 164 valence electrons. The normalized spacial score (nSPS) is 14.0. The lowest BCUT2D eigenvalue weighted by Gasteiger charge is -2.15. The van der Waals surface area contributed by atoms with Gasteiger partial charge in [0.25, 0.3) is 11.8 Å². The smallest absolute Gasteiger partial charge is 0.278 e. The molecule has 0 atom stereocenters. The highest BCUT2D eigenvalue weighted by Crippen LogP contribution is 2.32. The zero-order valence-electron chi connectivity index (χ0n) is 18.6. The largest absolute Gasteiger partial charge is 0.493 e. The van der Waals surface area contributed by atoms with Crippen LogP contribution >= 0.6 is 0 Å². The monoisotopic (exact) mass is 422 g/mol. The van der Waals surface area contributed by atoms with E-state index in [-0.39, 0.29) is 11.8 Å². The molecule has 6 nitrogen and oxygen atoms in total. The van der Waals surface area contributed by atoms with Gasteiger partial charge in [-0.2, -0.15) is 0 Å². The standard InChI is InChI=1S/C25H30N2O4/c1-17(2)16-31-20-12-10-19(11-13-20)22-23(26-21-9-6-5-8-18(21)3)25(29)27(24(22)28)14-7-15-30-4/h5-6,8-13,17,26H,7,14-16H2,1-4H3. The number of carbonyl (C=O) groups excluding carboxylic acids is 2. The zero-order chi connectivity index (χ0) is 22.4. The van der Waals surface area contributed by atoms with Crippen LogP contribution in [0.2, 0.25) is 0 Å². The molecule has 1 aliphatic heterocycles. The van der Waals surface area contributed by atoms with Crippen molar-refractivity contribution < 1.29 is 19.1 Å². The second-order valence-corrected chi connectivity index (χ2v) is 8.03. The number of benzene rings is 2. The maximum absolute atomic E-state index is 13.2. The van der Waals surface area contributed by atoms with E-state index in [2.05, 4.69) is 19.2 Å². The van der Waals surface area contributed by atoms with Gasteiger partial charge in [0, 0.05) is 25.9 Å². The molecule has 31 heavy (non-hydrogen) atoms. The van der Waals surface area contributed by atoms with Crippen molar-refractivity contribution >= 4 is 23.1 Å². The second-order valence-electron chi connectivity index (χ2n) is 8.03. The van der Waals surface area contributed by atoms with Gasteiger partial charge in [-0.05, 0) is 48.6 Å². The number of methoxy groups -OCH3 is 1. The summed E-state index contributed by atoms with van der Waals surface area (Å²) in [4.78, 5) is 27.7. The second kappa shape index (κ2) is 10.3. The van der Waals surface area contributed by atoms with Crippen LogP contribution in [0.4, 0.5) is 5.69 Å². The number of aryl methyl sites for hydroxylation is 1. The number of ether oxygens (including phenoxy) is 2. The molecule has 0 unspecified atom stereocenters. The molecule has 0 saturated heterocycles. The molecule has 6 heteroatoms. The first-order chi connectivity index (χ1) is 14.9. The van der Waals surface area contributed by atoms with Gasteiger partial charge in [-0.3, -0.25) is 14.5 Å². The molecule has 1 N–H and O–H groups in total. The molecule has 0 bridgehead atoms. The number of anilines is 1. The van der Waals surface area contributed by atoms with Crippen molar-refractivity contribution in [3.05, 3.63) is 65.4 Å². The van der Waals surface area contributed by atoms with E-state index in [1.165, 1.54) is 4.90 Å². The van der Waals surface area contributed by atoms with Gasteiger partial charge in [0.15, 0.2) is 0 Å². The number of nitrogens with one attached hydrogen (secondary N) is 1. The summed E-state index contributed by atoms with van der Waals surface area (Å²) in [6.45, 7) is 7.54. The minimum atomic E-state index is -0.320. The summed E-state index contributed by atoms with van der Waals surface area (Å²) < 4.78 is 10.8. The fourth-order valence-corrected chi connectivity index (χ4v) is 3.36. The Bertz CT molecular complexity index is 964. The SMILES string of the molecule is COCCCN1C(=O)C(Nc2ccccc2C)=C(c2ccc(OCC(C)C)cc2)C1=O. The quantitative estimate of drug-likeness (QED) is 0.458. The number of rotatable bonds is 10. The lowest BCUT2D eigenvalue weighted by atomic mass is 10.0. The first-order valence-corrected chi connectivity index (χ1v) is 10.6. The van der Waals surface area contributed by atoms with Crippen molar-refractivity contribution in [3.8, 4) is 5.75 Å². The van der Waals surface area contributed by atoms with Crippen molar-refractivity contribution in [1.29, 1.82) is 0 Å². The van der Waals surface area contributed by atoms with Gasteiger partial charge in [0.1, 0.15) is 11.4 Å². The average Bonchev–Trinajstić information content (AvgIpc) is 2.98. The zero-order valence-corrected chi connectivity index (χ0v) is 18.6. The van der Waals surface area contributed by atoms with Crippen molar-refractivity contribution in [1.82, 2.24) is 4.90 Å². The third-order valence-corrected chi connectivity index (χ3v) is 5.03. The minimum Gasteiger partial charge on any atom is -0.493 e. The van der Waals surface area contributed by atoms with Gasteiger partial charge in [-0.25, -0.2) is 0 Å². The van der Waals surface area contributed by atoms with Crippen LogP contribution in [0.1, 0.15) is 31.4 Å². The number of hydrogen-bond acceptors (Lipinski definition) is 5. The fourth-order valence-electron chi connectivity index (χ4n) is 3.36. The highest BCUT2D eigenvalue weighted by molar-refractivity contribution is 6.36. The van der Waals surface area contributed by atoms with Gasteiger partial charge in [-0.1, -0.05) is 44.2 Å². The van der Waals surface area contributed by atoms with Crippen LogP contribution < -0.4 is 10.1 Å². The number of hydrogen-bond donors (Lipinski definition) is 1. The van der Waals surface area contributed by atoms with E-state index in [0.29, 0.717) is 48.9 Å². The van der Waals surface area contributed by atoms with Gasteiger partial charge >= 0.3 is 0 Å². The maximum Gasteiger partial charge on any atom is 0.278 e. The van der Waals surface area contributed by atoms with E-state index < -0.39 is 0 Å². The molecule has 2 amide bonds. The van der Waals surface area contributed by atoms with Crippen molar-refractivity contribution in [3.63, 3.8) is 0 Å². The molecule has 0 saturated carbocycles. The maximum atomic E-state index is 13.2. The Morgan fingerprint density at radius 3 is 2.35 bits per heavy atom. The Morgan fingerprint density at radius 2 is 1.71 bits per heavy atom. The van der Waals surface area contributed by atoms with E-state index in [1.54, 1.807) is 7.11 Å². The third-order valence-electron chi connectivity index (χ3n) is 5.03. The fraction of sp³-hybridized carbons (Fsp3) is 0.360. The van der Waals surface area contributed by atoms with E-state index in [9.17, 15) is 9.59 Å². The average molecular weight is 423 g/mol. The van der Waals surface area contributed by atoms with Gasteiger partial charge in [0.05, 0.1) is 12.2 Å². The Labute approximate surface area is 183 Å². The first-order valence-electron chi connectivity index (χ1n) is 10.6. The molecule has 2 aromatic carbocycles. The first kappa shape index (κ1) is 22.6. The van der Waals surface area contributed by atoms with Crippen LogP contribution in [0, 0.1) is 12.8 Å². The summed E-state index contributed by atoms with van der Waals surface area (Å²) in [5, 5.41) is 3.22. The lowest BCUT2D eigenvalue weighted by Crippen LogP contribution is -2.33. The van der Waals surface area contributed by atoms with E-state index in [0.717, 1.165) is 17.0 Å². The van der Waals surface area contributed by atoms with Crippen molar-refractivity contribution in [2.75, 3.05) is 32.2 Å². The molecule has 0 aliphatic carbocycles. The summed E-state index contributed by atoms with van der Waals surface area (Å²) in [6.07, 6.45) is 0.584. The predicted octanol–water partition coefficient (Wildman–Crippen LogP) is 4.26. The Morgan fingerprint density at radius 1 is 1.00 bits per heavy atom. The van der Waals surface area contributed by atoms with E-state index in [1.807, 2.05) is 55.5 Å². The van der Waals surface area contributed by atoms with Crippen molar-refractivity contribution in [2.24, 2.45) is 5.92 Å². The molecule has 0 radical (unpaired) electrons. The molecule has 3 rings (SSSR count). The molecule has 1 aliphatic rings. The van der Waals surface area contributed by atoms with Crippen LogP contribution in [-0.4, -0.2) is 43.6 Å². The van der Waals surface area contributed by atoms with Crippen molar-refractivity contribution in [2.45, 2.75) is 27.2 Å². The highest BCUT2D eigenvalue weighted by Gasteiger charge is 2.39. The molecule has 1 heterocycles. The van der Waals surface area contributed by atoms with Gasteiger partial charge < -0.3 is 14.8 Å². The van der Waals surface area contributed by atoms with Crippen LogP contribution in [0.15, 0.2) is 54.2 Å². The minimum absolute atomic E-state index is 0.298. The van der Waals surface area contributed by atoms with E-state index in [4.69, 9.17) is 9.47 Å². The number of amides is 2. The number of imide groups is 1. The van der Waals surface area contributed by atoms with Gasteiger partial charge in [-0.15, -0.1) is 0 Å². The molecule has 0 fully saturated rings. The van der Waals surface area contributed by atoms with Crippen LogP contribution in [0.3, 0.4) is 0 Å². The molecule has 0 spiro atoms. The Kier molecular flexibility index (Phi) is 7.47. The molecule has 0 aromatic heterocycles. The molecular formula is C25H30N2O4. The highest BCUT2D eigenvalue weighted by atomic mass is 16.5. The third kappa shape index (κ3) is 5.33. The number of carbonyl (C=O) groups is 2. The van der Waals surface area contributed by atoms with Crippen LogP contribution in [0.5, 0.6) is 5.75 Å². The molecule has 2 aromatic rings. The molecular weight excluding hydrogens is 392 g/mol. The lowest BCUT2D eigenvalue weighted by molar-refractivity contribution is -0.136. The Balaban J connectivity index is 1.94. The summed E-state index contributed by atoms with van der Waals surface area (Å²) in [7, 11) is 1.60. The summed E-state index contributed by atoms with van der Waals surface area (Å²) in [5.41, 5.74) is 3.14. The number of nitrogens with zero attached hydrogens (tertiary/aromatic N) is 1. The van der Waals surface area contributed by atoms with Crippen LogP contribution in [0.25, 0.3) is 5.57 Å². The summed E-state index contributed by atoms with van der Waals surface area (Å²) >= 11 is 0. The Hall–Kier alpha value is -3.12. The van der Waals surface area contributed by atoms with E-state index >= 15 is 0 Å². The summed E-state index contributed by atoms with van der Waals surface area (Å²) in [6, 6.07) is 15.0. The summed E-state index contributed by atoms with van der Waals surface area (Å²) in [5.74, 6) is 0.537. The number of para-hydroxylation sites is 1. The topological polar surface area (TPSA) is 67.9 Å².